The molecule has 0 spiro atoms. The first-order chi connectivity index (χ1) is 4.66. The number of hydrogen-bond acceptors (Lipinski definition) is 5. The average Bonchev–Trinajstić information content (AvgIpc) is 1.82. The molecule has 10 heavy (non-hydrogen) atoms. The number of hydrogen-bond donors (Lipinski definition) is 2. The predicted molar refractivity (Wildman–Crippen MR) is 33.5 cm³/mol. The fraction of sp³-hybridized carbons (Fsp3) is 1.00. The molecule has 6 nitrogen and oxygen atoms in total. The Labute approximate surface area is 59.2 Å². The van der Waals surface area contributed by atoms with Crippen molar-refractivity contribution in [3.8, 4) is 0 Å². The lowest BCUT2D eigenvalue weighted by Crippen LogP contribution is -2.04. The van der Waals surface area contributed by atoms with Gasteiger partial charge in [-0.15, -0.1) is 9.42 Å². The van der Waals surface area contributed by atoms with Crippen molar-refractivity contribution in [1.82, 2.24) is 0 Å². The van der Waals surface area contributed by atoms with Gasteiger partial charge in [0.25, 0.3) is 0 Å². The Bertz CT molecular complexity index is 138. The molecular formula is C2H7NO5P2+2. The van der Waals surface area contributed by atoms with E-state index in [-0.39, 0.29) is 13.2 Å². The summed E-state index contributed by atoms with van der Waals surface area (Å²) in [6, 6.07) is 0. The molecule has 0 heterocycles. The first-order valence-electron chi connectivity index (χ1n) is 2.31. The maximum Gasteiger partial charge on any atom is 0.747 e. The minimum atomic E-state index is -2.86. The van der Waals surface area contributed by atoms with Crippen LogP contribution in [0.25, 0.3) is 0 Å². The zero-order valence-electron chi connectivity index (χ0n) is 4.97. The average molecular weight is 187 g/mol. The normalized spacial score (nSPS) is 13.0. The maximum atomic E-state index is 10.3. The van der Waals surface area contributed by atoms with E-state index in [0.29, 0.717) is 0 Å². The van der Waals surface area contributed by atoms with E-state index in [9.17, 15) is 9.13 Å². The van der Waals surface area contributed by atoms with Gasteiger partial charge in [0.1, 0.15) is 6.61 Å². The van der Waals surface area contributed by atoms with Crippen molar-refractivity contribution in [2.45, 2.75) is 0 Å². The van der Waals surface area contributed by atoms with Crippen molar-refractivity contribution in [1.29, 1.82) is 0 Å². The molecule has 0 saturated heterocycles. The fourth-order valence-corrected chi connectivity index (χ4v) is 1.11. The minimum absolute atomic E-state index is 0.0401. The third-order valence-corrected chi connectivity index (χ3v) is 1.94. The van der Waals surface area contributed by atoms with E-state index in [0.717, 1.165) is 0 Å². The largest absolute Gasteiger partial charge is 0.747 e. The van der Waals surface area contributed by atoms with Crippen LogP contribution in [0, 0.1) is 0 Å². The van der Waals surface area contributed by atoms with Gasteiger partial charge < -0.3 is 5.73 Å². The lowest BCUT2D eigenvalue weighted by Gasteiger charge is -1.78. The van der Waals surface area contributed by atoms with E-state index in [1.807, 2.05) is 0 Å². The van der Waals surface area contributed by atoms with Crippen LogP contribution >= 0.6 is 16.5 Å². The van der Waals surface area contributed by atoms with Crippen LogP contribution in [0.3, 0.4) is 0 Å². The van der Waals surface area contributed by atoms with Gasteiger partial charge in [0.05, 0.1) is 0 Å². The number of nitrogens with two attached hydrogens (primary N) is 1. The first kappa shape index (κ1) is 10.0. The molecule has 0 aliphatic carbocycles. The van der Waals surface area contributed by atoms with Crippen molar-refractivity contribution in [3.63, 3.8) is 0 Å². The van der Waals surface area contributed by atoms with Gasteiger partial charge in [0.2, 0.25) is 0 Å². The molecule has 8 heteroatoms. The first-order valence-corrected chi connectivity index (χ1v) is 4.54. The van der Waals surface area contributed by atoms with Gasteiger partial charge in [-0.25, -0.2) is 0 Å². The minimum Gasteiger partial charge on any atom is -0.328 e. The van der Waals surface area contributed by atoms with Crippen molar-refractivity contribution in [3.05, 3.63) is 0 Å². The standard InChI is InChI=1S/C2H6NO5P2/c3-1-2-7-10(6)8-9(4)5/h1-3H2/q+1/p+1. The molecule has 0 aromatic heterocycles. The second-order valence-corrected chi connectivity index (χ2v) is 3.00. The third-order valence-electron chi connectivity index (χ3n) is 0.451. The fourth-order valence-electron chi connectivity index (χ4n) is 0.208. The lowest BCUT2D eigenvalue weighted by atomic mass is 10.8. The summed E-state index contributed by atoms with van der Waals surface area (Å²) in [5.41, 5.74) is 4.96. The Balaban J connectivity index is 3.35. The van der Waals surface area contributed by atoms with Crippen LogP contribution in [0.1, 0.15) is 0 Å². The monoisotopic (exact) mass is 187 g/mol. The molecule has 58 valence electrons. The smallest absolute Gasteiger partial charge is 0.328 e. The Morgan fingerprint density at radius 1 is 1.50 bits per heavy atom. The zero-order chi connectivity index (χ0) is 7.98. The Hall–Kier alpha value is 0.0400. The summed E-state index contributed by atoms with van der Waals surface area (Å²) >= 11 is 0. The molecule has 3 N–H and O–H groups in total. The molecule has 2 atom stereocenters. The highest BCUT2D eigenvalue weighted by atomic mass is 31.2. The Morgan fingerprint density at radius 2 is 2.10 bits per heavy atom. The molecule has 0 fully saturated rings. The summed E-state index contributed by atoms with van der Waals surface area (Å²) < 4.78 is 28.3. The van der Waals surface area contributed by atoms with Crippen molar-refractivity contribution in [2.24, 2.45) is 5.73 Å². The summed E-state index contributed by atoms with van der Waals surface area (Å²) in [5.74, 6) is 0. The van der Waals surface area contributed by atoms with Gasteiger partial charge >= 0.3 is 16.5 Å². The van der Waals surface area contributed by atoms with Gasteiger partial charge in [-0.05, 0) is 0 Å². The number of rotatable bonds is 5. The molecule has 0 saturated carbocycles. The highest BCUT2D eigenvalue weighted by Gasteiger charge is 2.36. The molecule has 0 rings (SSSR count). The van der Waals surface area contributed by atoms with E-state index in [1.54, 1.807) is 0 Å². The van der Waals surface area contributed by atoms with Crippen LogP contribution in [0.15, 0.2) is 0 Å². The molecule has 0 amide bonds. The highest BCUT2D eigenvalue weighted by molar-refractivity contribution is 7.47. The van der Waals surface area contributed by atoms with Crippen molar-refractivity contribution >= 4 is 16.5 Å². The molecule has 0 aliphatic heterocycles. The predicted octanol–water partition coefficient (Wildman–Crippen LogP) is 0.285. The molecule has 0 aromatic carbocycles. The topological polar surface area (TPSA) is 98.9 Å². The van der Waals surface area contributed by atoms with Crippen molar-refractivity contribution < 1.29 is 22.9 Å². The van der Waals surface area contributed by atoms with Crippen LogP contribution < -0.4 is 5.73 Å². The van der Waals surface area contributed by atoms with E-state index in [4.69, 9.17) is 10.6 Å². The summed E-state index contributed by atoms with van der Waals surface area (Å²) in [4.78, 5) is 8.01. The molecule has 2 unspecified atom stereocenters. The summed E-state index contributed by atoms with van der Waals surface area (Å²) in [6.45, 7) is 0.227. The molecule has 0 bridgehead atoms. The molecule has 0 aliphatic rings. The van der Waals surface area contributed by atoms with Crippen LogP contribution in [-0.4, -0.2) is 18.0 Å². The van der Waals surface area contributed by atoms with Gasteiger partial charge in [-0.3, -0.25) is 0 Å². The second-order valence-electron chi connectivity index (χ2n) is 1.16. The quantitative estimate of drug-likeness (QED) is 0.600. The SMILES string of the molecule is NCCO[P+](=O)O[P+](=O)O. The summed E-state index contributed by atoms with van der Waals surface area (Å²) in [6.07, 6.45) is 0. The molecule has 0 aromatic rings. The lowest BCUT2D eigenvalue weighted by molar-refractivity contribution is 0.287. The summed E-state index contributed by atoms with van der Waals surface area (Å²) in [5, 5.41) is 0. The molecular weight excluding hydrogens is 180 g/mol. The van der Waals surface area contributed by atoms with Crippen molar-refractivity contribution in [2.75, 3.05) is 13.2 Å². The Morgan fingerprint density at radius 3 is 2.50 bits per heavy atom. The van der Waals surface area contributed by atoms with E-state index >= 15 is 0 Å². The third kappa shape index (κ3) is 6.16. The van der Waals surface area contributed by atoms with Gasteiger partial charge in [0, 0.05) is 15.7 Å². The zero-order valence-corrected chi connectivity index (χ0v) is 6.76. The van der Waals surface area contributed by atoms with Crippen LogP contribution in [0.2, 0.25) is 0 Å². The van der Waals surface area contributed by atoms with Gasteiger partial charge in [-0.1, -0.05) is 0 Å². The maximum absolute atomic E-state index is 10.3. The highest BCUT2D eigenvalue weighted by Crippen LogP contribution is 2.35. The van der Waals surface area contributed by atoms with Gasteiger partial charge in [0.15, 0.2) is 4.31 Å². The van der Waals surface area contributed by atoms with E-state index in [1.165, 1.54) is 0 Å². The molecule has 0 radical (unpaired) electrons. The van der Waals surface area contributed by atoms with Crippen LogP contribution in [0.5, 0.6) is 0 Å². The second kappa shape index (κ2) is 5.80. The van der Waals surface area contributed by atoms with E-state index in [2.05, 4.69) is 8.83 Å². The van der Waals surface area contributed by atoms with Gasteiger partial charge in [-0.2, -0.15) is 0 Å². The van der Waals surface area contributed by atoms with E-state index < -0.39 is 16.5 Å². The van der Waals surface area contributed by atoms with Crippen LogP contribution in [-0.2, 0) is 18.0 Å². The summed E-state index contributed by atoms with van der Waals surface area (Å²) in [7, 11) is -5.35. The Kier molecular flexibility index (Phi) is 5.82. The van der Waals surface area contributed by atoms with Crippen LogP contribution in [0.4, 0.5) is 0 Å².